The van der Waals surface area contributed by atoms with Crippen LogP contribution in [0, 0.1) is 5.82 Å². The highest BCUT2D eigenvalue weighted by atomic mass is 32.2. The lowest BCUT2D eigenvalue weighted by Crippen LogP contribution is -2.27. The van der Waals surface area contributed by atoms with E-state index in [2.05, 4.69) is 30.3 Å². The Bertz CT molecular complexity index is 1500. The molecule has 0 aromatic heterocycles. The number of hydrogen-bond donors (Lipinski definition) is 0. The Kier molecular flexibility index (Phi) is 7.02. The summed E-state index contributed by atoms with van der Waals surface area (Å²) in [5.74, 6) is 0.499. The number of thioether (sulfide) groups is 1. The molecule has 5 rings (SSSR count). The van der Waals surface area contributed by atoms with Gasteiger partial charge in [0.05, 0.1) is 17.2 Å². The number of thiocarbonyl (C=S) groups is 1. The second-order valence-electron chi connectivity index (χ2n) is 8.11. The molecule has 36 heavy (non-hydrogen) atoms. The summed E-state index contributed by atoms with van der Waals surface area (Å²) in [4.78, 5) is 14.8. The van der Waals surface area contributed by atoms with E-state index >= 15 is 0 Å². The Morgan fingerprint density at radius 1 is 0.917 bits per heavy atom. The second kappa shape index (κ2) is 10.5. The minimum absolute atomic E-state index is 0.287. The van der Waals surface area contributed by atoms with Crippen LogP contribution in [0.4, 0.5) is 10.1 Å². The fraction of sp³-hybridized carbons (Fsp3) is 0.103. The average molecular weight is 516 g/mol. The van der Waals surface area contributed by atoms with Crippen molar-refractivity contribution in [2.75, 3.05) is 11.5 Å². The van der Waals surface area contributed by atoms with Gasteiger partial charge in [0.15, 0.2) is 15.8 Å². The molecule has 1 heterocycles. The Morgan fingerprint density at radius 2 is 1.75 bits per heavy atom. The summed E-state index contributed by atoms with van der Waals surface area (Å²) in [6.45, 7) is 2.78. The second-order valence-corrected chi connectivity index (χ2v) is 9.78. The van der Waals surface area contributed by atoms with E-state index in [9.17, 15) is 9.18 Å². The molecule has 0 N–H and O–H groups in total. The third-order valence-electron chi connectivity index (χ3n) is 5.63. The number of ether oxygens (including phenoxy) is 2. The van der Waals surface area contributed by atoms with Crippen LogP contribution in [-0.4, -0.2) is 16.8 Å². The zero-order chi connectivity index (χ0) is 25.1. The standard InChI is InChI=1S/C29H22FNO3S2/c1-2-33-26-15-19(16-27-28(32)31(29(35)36-27)24-9-5-8-23(30)17-24)11-13-25(26)34-18-20-10-12-21-6-3-4-7-22(21)14-20/h3-17H,2,18H2,1H3/b27-16-. The molecule has 1 aliphatic rings. The van der Waals surface area contributed by atoms with Crippen LogP contribution < -0.4 is 14.4 Å². The lowest BCUT2D eigenvalue weighted by molar-refractivity contribution is -0.113. The molecule has 1 amide bonds. The van der Waals surface area contributed by atoms with Crippen molar-refractivity contribution in [1.29, 1.82) is 0 Å². The van der Waals surface area contributed by atoms with Crippen LogP contribution in [0.25, 0.3) is 16.8 Å². The van der Waals surface area contributed by atoms with Gasteiger partial charge in [0.2, 0.25) is 0 Å². The van der Waals surface area contributed by atoms with Gasteiger partial charge in [-0.15, -0.1) is 0 Å². The van der Waals surface area contributed by atoms with Crippen molar-refractivity contribution in [1.82, 2.24) is 0 Å². The largest absolute Gasteiger partial charge is 0.490 e. The highest BCUT2D eigenvalue weighted by Gasteiger charge is 2.33. The van der Waals surface area contributed by atoms with Crippen LogP contribution in [0.3, 0.4) is 0 Å². The van der Waals surface area contributed by atoms with E-state index in [1.165, 1.54) is 34.2 Å². The Balaban J connectivity index is 1.36. The number of anilines is 1. The van der Waals surface area contributed by atoms with Gasteiger partial charge < -0.3 is 9.47 Å². The molecule has 4 aromatic rings. The van der Waals surface area contributed by atoms with Gasteiger partial charge in [-0.25, -0.2) is 4.39 Å². The molecule has 4 aromatic carbocycles. The maximum Gasteiger partial charge on any atom is 0.270 e. The van der Waals surface area contributed by atoms with E-state index in [0.717, 1.165) is 16.5 Å². The predicted octanol–water partition coefficient (Wildman–Crippen LogP) is 7.36. The number of carbonyl (C=O) groups is 1. The van der Waals surface area contributed by atoms with E-state index in [-0.39, 0.29) is 5.91 Å². The normalized spacial score (nSPS) is 14.6. The molecule has 1 saturated heterocycles. The van der Waals surface area contributed by atoms with Crippen molar-refractivity contribution in [3.8, 4) is 11.5 Å². The van der Waals surface area contributed by atoms with E-state index in [1.54, 1.807) is 18.2 Å². The maximum absolute atomic E-state index is 13.7. The number of halogens is 1. The van der Waals surface area contributed by atoms with E-state index in [4.69, 9.17) is 21.7 Å². The highest BCUT2D eigenvalue weighted by Crippen LogP contribution is 2.37. The fourth-order valence-corrected chi connectivity index (χ4v) is 5.25. The maximum atomic E-state index is 13.7. The molecular formula is C29H22FNO3S2. The number of nitrogens with zero attached hydrogens (tertiary/aromatic N) is 1. The molecule has 0 bridgehead atoms. The molecule has 0 spiro atoms. The van der Waals surface area contributed by atoms with E-state index in [1.807, 2.05) is 37.3 Å². The first kappa shape index (κ1) is 24.0. The minimum Gasteiger partial charge on any atom is -0.490 e. The Morgan fingerprint density at radius 3 is 2.56 bits per heavy atom. The van der Waals surface area contributed by atoms with Crippen molar-refractivity contribution in [3.63, 3.8) is 0 Å². The van der Waals surface area contributed by atoms with Crippen molar-refractivity contribution < 1.29 is 18.7 Å². The van der Waals surface area contributed by atoms with Gasteiger partial charge in [0.1, 0.15) is 12.4 Å². The average Bonchev–Trinajstić information content (AvgIpc) is 3.16. The fourth-order valence-electron chi connectivity index (χ4n) is 3.95. The molecule has 0 atom stereocenters. The summed E-state index contributed by atoms with van der Waals surface area (Å²) in [7, 11) is 0. The number of benzene rings is 4. The quantitative estimate of drug-likeness (QED) is 0.190. The topological polar surface area (TPSA) is 38.8 Å². The van der Waals surface area contributed by atoms with Crippen molar-refractivity contribution in [3.05, 3.63) is 107 Å². The van der Waals surface area contributed by atoms with E-state index in [0.29, 0.717) is 39.6 Å². The van der Waals surface area contributed by atoms with E-state index < -0.39 is 5.82 Å². The molecule has 1 aliphatic heterocycles. The lowest BCUT2D eigenvalue weighted by Gasteiger charge is -2.14. The predicted molar refractivity (Wildman–Crippen MR) is 148 cm³/mol. The number of carbonyl (C=O) groups excluding carboxylic acids is 1. The summed E-state index contributed by atoms with van der Waals surface area (Å²) in [5, 5.41) is 2.35. The summed E-state index contributed by atoms with van der Waals surface area (Å²) < 4.78 is 26.0. The number of amides is 1. The van der Waals surface area contributed by atoms with Crippen LogP contribution in [0.2, 0.25) is 0 Å². The first-order valence-electron chi connectivity index (χ1n) is 11.4. The molecular weight excluding hydrogens is 493 g/mol. The van der Waals surface area contributed by atoms with Crippen LogP contribution >= 0.6 is 24.0 Å². The minimum atomic E-state index is -0.425. The number of fused-ring (bicyclic) bond motifs is 1. The van der Waals surface area contributed by atoms with Gasteiger partial charge in [-0.2, -0.15) is 0 Å². The highest BCUT2D eigenvalue weighted by molar-refractivity contribution is 8.27. The first-order chi connectivity index (χ1) is 17.5. The van der Waals surface area contributed by atoms with Crippen LogP contribution in [0.15, 0.2) is 89.8 Å². The first-order valence-corrected chi connectivity index (χ1v) is 12.6. The molecule has 180 valence electrons. The molecule has 0 aliphatic carbocycles. The van der Waals surface area contributed by atoms with Gasteiger partial charge in [0, 0.05) is 0 Å². The molecule has 7 heteroatoms. The van der Waals surface area contributed by atoms with Gasteiger partial charge in [-0.3, -0.25) is 9.69 Å². The number of hydrogen-bond acceptors (Lipinski definition) is 5. The summed E-state index contributed by atoms with van der Waals surface area (Å²) >= 11 is 6.58. The van der Waals surface area contributed by atoms with Crippen LogP contribution in [0.5, 0.6) is 11.5 Å². The Hall–Kier alpha value is -3.68. The van der Waals surface area contributed by atoms with Gasteiger partial charge in [0.25, 0.3) is 5.91 Å². The summed E-state index contributed by atoms with van der Waals surface area (Å²) in [6.07, 6.45) is 1.76. The zero-order valence-corrected chi connectivity index (χ0v) is 21.1. The summed E-state index contributed by atoms with van der Waals surface area (Å²) in [5.41, 5.74) is 2.24. The molecule has 4 nitrogen and oxygen atoms in total. The smallest absolute Gasteiger partial charge is 0.270 e. The molecule has 0 unspecified atom stereocenters. The van der Waals surface area contributed by atoms with Crippen LogP contribution in [0.1, 0.15) is 18.1 Å². The van der Waals surface area contributed by atoms with Crippen molar-refractivity contribution in [2.45, 2.75) is 13.5 Å². The SMILES string of the molecule is CCOc1cc(/C=C2\SC(=S)N(c3cccc(F)c3)C2=O)ccc1OCc1ccc2ccccc2c1. The molecule has 0 saturated carbocycles. The number of rotatable bonds is 7. The molecule has 1 fully saturated rings. The van der Waals surface area contributed by atoms with Gasteiger partial charge in [-0.1, -0.05) is 72.5 Å². The van der Waals surface area contributed by atoms with Gasteiger partial charge >= 0.3 is 0 Å². The molecule has 0 radical (unpaired) electrons. The van der Waals surface area contributed by atoms with Crippen molar-refractivity contribution in [2.24, 2.45) is 0 Å². The third kappa shape index (κ3) is 5.12. The van der Waals surface area contributed by atoms with Crippen molar-refractivity contribution >= 4 is 56.7 Å². The zero-order valence-electron chi connectivity index (χ0n) is 19.4. The van der Waals surface area contributed by atoms with Gasteiger partial charge in [-0.05, 0) is 71.3 Å². The van der Waals surface area contributed by atoms with Crippen LogP contribution in [-0.2, 0) is 11.4 Å². The summed E-state index contributed by atoms with van der Waals surface area (Å²) in [6, 6.07) is 25.8. The third-order valence-corrected chi connectivity index (χ3v) is 6.94. The lowest BCUT2D eigenvalue weighted by atomic mass is 10.1. The monoisotopic (exact) mass is 515 g/mol. The Labute approximate surface area is 218 Å².